The van der Waals surface area contributed by atoms with Gasteiger partial charge in [-0.2, -0.15) is 0 Å². The Bertz CT molecular complexity index is 810. The van der Waals surface area contributed by atoms with Crippen molar-refractivity contribution >= 4 is 5.95 Å². The van der Waals surface area contributed by atoms with E-state index in [4.69, 9.17) is 4.98 Å². The summed E-state index contributed by atoms with van der Waals surface area (Å²) in [6.45, 7) is 4.11. The average molecular weight is 356 g/mol. The van der Waals surface area contributed by atoms with Crippen LogP contribution in [0.1, 0.15) is 42.5 Å². The minimum atomic E-state index is -0.223. The Morgan fingerprint density at radius 3 is 2.50 bits per heavy atom. The maximum atomic E-state index is 13.1. The highest BCUT2D eigenvalue weighted by Crippen LogP contribution is 2.20. The van der Waals surface area contributed by atoms with Crippen molar-refractivity contribution in [3.05, 3.63) is 57.3 Å². The Morgan fingerprint density at radius 2 is 1.77 bits per heavy atom. The lowest BCUT2D eigenvalue weighted by atomic mass is 10.1. The molecule has 2 aliphatic heterocycles. The molecule has 0 radical (unpaired) electrons. The summed E-state index contributed by atoms with van der Waals surface area (Å²) in [5, 5.41) is 0. The van der Waals surface area contributed by atoms with Gasteiger partial charge in [-0.3, -0.25) is 14.7 Å². The van der Waals surface area contributed by atoms with E-state index in [2.05, 4.69) is 14.8 Å². The van der Waals surface area contributed by atoms with E-state index in [1.54, 1.807) is 12.1 Å². The molecule has 0 spiro atoms. The smallest absolute Gasteiger partial charge is 0.257 e. The van der Waals surface area contributed by atoms with Crippen LogP contribution in [0, 0.1) is 5.82 Å². The fourth-order valence-corrected chi connectivity index (χ4v) is 3.88. The van der Waals surface area contributed by atoms with E-state index < -0.39 is 0 Å². The molecule has 0 bridgehead atoms. The van der Waals surface area contributed by atoms with Gasteiger partial charge in [-0.1, -0.05) is 25.0 Å². The van der Waals surface area contributed by atoms with Crippen molar-refractivity contribution < 1.29 is 4.39 Å². The molecule has 0 unspecified atom stereocenters. The third-order valence-corrected chi connectivity index (χ3v) is 5.36. The molecule has 2 aliphatic rings. The second-order valence-corrected chi connectivity index (χ2v) is 7.30. The van der Waals surface area contributed by atoms with Crippen LogP contribution in [0.2, 0.25) is 0 Å². The molecule has 0 aliphatic carbocycles. The van der Waals surface area contributed by atoms with E-state index in [-0.39, 0.29) is 11.4 Å². The first-order valence-electron chi connectivity index (χ1n) is 9.53. The van der Waals surface area contributed by atoms with Gasteiger partial charge in [0, 0.05) is 39.1 Å². The molecule has 1 N–H and O–H groups in total. The third kappa shape index (κ3) is 3.80. The van der Waals surface area contributed by atoms with E-state index in [1.165, 1.54) is 25.0 Å². The summed E-state index contributed by atoms with van der Waals surface area (Å²) >= 11 is 0. The molecule has 0 atom stereocenters. The van der Waals surface area contributed by atoms with Crippen LogP contribution in [0.3, 0.4) is 0 Å². The number of rotatable bonds is 3. The summed E-state index contributed by atoms with van der Waals surface area (Å²) in [6, 6.07) is 6.57. The van der Waals surface area contributed by atoms with Crippen LogP contribution >= 0.6 is 0 Å². The molecule has 138 valence electrons. The lowest BCUT2D eigenvalue weighted by molar-refractivity contribution is 0.241. The second kappa shape index (κ2) is 7.58. The zero-order valence-corrected chi connectivity index (χ0v) is 15.0. The summed E-state index contributed by atoms with van der Waals surface area (Å²) in [4.78, 5) is 24.9. The van der Waals surface area contributed by atoms with E-state index in [0.717, 1.165) is 61.7 Å². The van der Waals surface area contributed by atoms with Crippen LogP contribution in [0.15, 0.2) is 29.1 Å². The summed E-state index contributed by atoms with van der Waals surface area (Å²) < 4.78 is 13.1. The van der Waals surface area contributed by atoms with Gasteiger partial charge in [-0.25, -0.2) is 9.37 Å². The van der Waals surface area contributed by atoms with Crippen LogP contribution in [0.5, 0.6) is 0 Å². The summed E-state index contributed by atoms with van der Waals surface area (Å²) in [5.41, 5.74) is 2.75. The number of H-pyrrole nitrogens is 1. The highest BCUT2D eigenvalue weighted by Gasteiger charge is 2.23. The number of aromatic nitrogens is 2. The number of hydrogen-bond acceptors (Lipinski definition) is 4. The topological polar surface area (TPSA) is 52.2 Å². The lowest BCUT2D eigenvalue weighted by Crippen LogP contribution is -2.37. The zero-order chi connectivity index (χ0) is 17.9. The summed E-state index contributed by atoms with van der Waals surface area (Å²) in [6.07, 6.45) is 5.60. The standard InChI is InChI=1S/C20H25FN4O/c21-16-7-5-15(6-8-16)13-24-12-9-18-17(14-24)19(26)23-20(22-18)25-10-3-1-2-4-11-25/h5-8H,1-4,9-14H2,(H,22,23,26). The first-order chi connectivity index (χ1) is 12.7. The predicted octanol–water partition coefficient (Wildman–Crippen LogP) is 2.85. The van der Waals surface area contributed by atoms with Gasteiger partial charge < -0.3 is 4.90 Å². The summed E-state index contributed by atoms with van der Waals surface area (Å²) in [5.74, 6) is 0.516. The number of benzene rings is 1. The zero-order valence-electron chi connectivity index (χ0n) is 15.0. The van der Waals surface area contributed by atoms with Crippen LogP contribution in [-0.2, 0) is 19.5 Å². The van der Waals surface area contributed by atoms with Gasteiger partial charge in [0.15, 0.2) is 0 Å². The van der Waals surface area contributed by atoms with Gasteiger partial charge in [-0.15, -0.1) is 0 Å². The largest absolute Gasteiger partial charge is 0.342 e. The van der Waals surface area contributed by atoms with Crippen LogP contribution < -0.4 is 10.5 Å². The minimum absolute atomic E-state index is 0.0157. The molecule has 0 amide bonds. The number of fused-ring (bicyclic) bond motifs is 1. The molecule has 5 nitrogen and oxygen atoms in total. The van der Waals surface area contributed by atoms with E-state index >= 15 is 0 Å². The van der Waals surface area contributed by atoms with Crippen LogP contribution in [-0.4, -0.2) is 34.5 Å². The highest BCUT2D eigenvalue weighted by molar-refractivity contribution is 5.34. The molecular formula is C20H25FN4O. The fraction of sp³-hybridized carbons (Fsp3) is 0.500. The summed E-state index contributed by atoms with van der Waals surface area (Å²) in [7, 11) is 0. The van der Waals surface area contributed by atoms with Crippen molar-refractivity contribution in [2.75, 3.05) is 24.5 Å². The molecule has 4 rings (SSSR count). The molecule has 1 aromatic heterocycles. The lowest BCUT2D eigenvalue weighted by Gasteiger charge is -2.29. The highest BCUT2D eigenvalue weighted by atomic mass is 19.1. The second-order valence-electron chi connectivity index (χ2n) is 7.30. The van der Waals surface area contributed by atoms with Gasteiger partial charge in [-0.05, 0) is 30.5 Å². The number of nitrogens with one attached hydrogen (secondary N) is 1. The van der Waals surface area contributed by atoms with Crippen molar-refractivity contribution in [1.29, 1.82) is 0 Å². The molecule has 0 saturated carbocycles. The maximum Gasteiger partial charge on any atom is 0.257 e. The van der Waals surface area contributed by atoms with Crippen molar-refractivity contribution in [2.24, 2.45) is 0 Å². The normalized spacial score (nSPS) is 18.4. The number of anilines is 1. The van der Waals surface area contributed by atoms with Crippen LogP contribution in [0.25, 0.3) is 0 Å². The molecule has 1 fully saturated rings. The van der Waals surface area contributed by atoms with Gasteiger partial charge in [0.2, 0.25) is 5.95 Å². The Morgan fingerprint density at radius 1 is 1.04 bits per heavy atom. The SMILES string of the molecule is O=c1[nH]c(N2CCCCCC2)nc2c1CN(Cc1ccc(F)cc1)CC2. The van der Waals surface area contributed by atoms with Crippen molar-refractivity contribution in [3.63, 3.8) is 0 Å². The van der Waals surface area contributed by atoms with E-state index in [1.807, 2.05) is 0 Å². The van der Waals surface area contributed by atoms with Gasteiger partial charge >= 0.3 is 0 Å². The molecule has 1 saturated heterocycles. The molecule has 6 heteroatoms. The molecule has 26 heavy (non-hydrogen) atoms. The van der Waals surface area contributed by atoms with E-state index in [9.17, 15) is 9.18 Å². The van der Waals surface area contributed by atoms with Gasteiger partial charge in [0.25, 0.3) is 5.56 Å². The molecule has 3 heterocycles. The number of nitrogens with zero attached hydrogens (tertiary/aromatic N) is 3. The molecule has 1 aromatic carbocycles. The Kier molecular flexibility index (Phi) is 5.02. The number of hydrogen-bond donors (Lipinski definition) is 1. The number of aromatic amines is 1. The van der Waals surface area contributed by atoms with Gasteiger partial charge in [0.1, 0.15) is 5.82 Å². The monoisotopic (exact) mass is 356 g/mol. The fourth-order valence-electron chi connectivity index (χ4n) is 3.88. The number of halogens is 1. The van der Waals surface area contributed by atoms with Crippen molar-refractivity contribution in [1.82, 2.24) is 14.9 Å². The van der Waals surface area contributed by atoms with Crippen LogP contribution in [0.4, 0.5) is 10.3 Å². The average Bonchev–Trinajstić information content (AvgIpc) is 2.93. The van der Waals surface area contributed by atoms with Crippen molar-refractivity contribution in [3.8, 4) is 0 Å². The Balaban J connectivity index is 1.50. The van der Waals surface area contributed by atoms with Gasteiger partial charge in [0.05, 0.1) is 11.3 Å². The maximum absolute atomic E-state index is 13.1. The first kappa shape index (κ1) is 17.2. The Hall–Kier alpha value is -2.21. The third-order valence-electron chi connectivity index (χ3n) is 5.36. The van der Waals surface area contributed by atoms with Crippen molar-refractivity contribution in [2.45, 2.75) is 45.2 Å². The molecule has 2 aromatic rings. The predicted molar refractivity (Wildman–Crippen MR) is 99.8 cm³/mol. The molecular weight excluding hydrogens is 331 g/mol. The van der Waals surface area contributed by atoms with E-state index in [0.29, 0.717) is 13.1 Å². The first-order valence-corrected chi connectivity index (χ1v) is 9.53. The minimum Gasteiger partial charge on any atom is -0.342 e. The Labute approximate surface area is 152 Å². The quantitative estimate of drug-likeness (QED) is 0.919.